The van der Waals surface area contributed by atoms with Crippen molar-refractivity contribution >= 4 is 38.7 Å². The average molecular weight is 382 g/mol. The van der Waals surface area contributed by atoms with Gasteiger partial charge in [-0.15, -0.1) is 0 Å². The number of rotatable bonds is 0. The normalized spacial score (nSPS) is 18.1. The van der Waals surface area contributed by atoms with E-state index in [2.05, 4.69) is 15.9 Å². The SMILES string of the molecule is CC(C)(C)OC(=O)n1c2c(c3cc(Br)ccc31)CCC(F)C2=O. The molecule has 0 saturated carbocycles. The molecule has 2 aromatic rings. The largest absolute Gasteiger partial charge is 0.443 e. The second-order valence-electron chi connectivity index (χ2n) is 6.67. The van der Waals surface area contributed by atoms with Crippen LogP contribution >= 0.6 is 15.9 Å². The Hall–Kier alpha value is -1.69. The molecule has 0 N–H and O–H groups in total. The standard InChI is InChI=1S/C17H17BrFNO3/c1-17(2,3)23-16(22)20-13-7-4-9(18)8-11(13)10-5-6-12(19)15(21)14(10)20/h4,7-8,12H,5-6H2,1-3H3. The zero-order chi connectivity index (χ0) is 16.9. The molecule has 6 heteroatoms. The van der Waals surface area contributed by atoms with Gasteiger partial charge < -0.3 is 4.74 Å². The molecule has 0 bridgehead atoms. The quantitative estimate of drug-likeness (QED) is 0.666. The van der Waals surface area contributed by atoms with Crippen LogP contribution in [-0.2, 0) is 11.2 Å². The topological polar surface area (TPSA) is 48.3 Å². The van der Waals surface area contributed by atoms with Crippen LogP contribution in [-0.4, -0.2) is 28.2 Å². The number of nitrogens with zero attached hydrogens (tertiary/aromatic N) is 1. The summed E-state index contributed by atoms with van der Waals surface area (Å²) in [7, 11) is 0. The first-order valence-electron chi connectivity index (χ1n) is 7.43. The Kier molecular flexibility index (Phi) is 3.83. The Balaban J connectivity index is 2.28. The van der Waals surface area contributed by atoms with E-state index < -0.39 is 23.6 Å². The molecule has 1 aromatic carbocycles. The van der Waals surface area contributed by atoms with Crippen LogP contribution in [0.3, 0.4) is 0 Å². The highest BCUT2D eigenvalue weighted by Gasteiger charge is 2.36. The minimum Gasteiger partial charge on any atom is -0.443 e. The van der Waals surface area contributed by atoms with Gasteiger partial charge in [-0.2, -0.15) is 0 Å². The van der Waals surface area contributed by atoms with Crippen LogP contribution in [0, 0.1) is 0 Å². The van der Waals surface area contributed by atoms with Gasteiger partial charge in [-0.3, -0.25) is 4.79 Å². The zero-order valence-electron chi connectivity index (χ0n) is 13.2. The van der Waals surface area contributed by atoms with Gasteiger partial charge in [0, 0.05) is 9.86 Å². The minimum atomic E-state index is -1.57. The van der Waals surface area contributed by atoms with Crippen molar-refractivity contribution in [2.45, 2.75) is 45.4 Å². The molecule has 1 atom stereocenters. The minimum absolute atomic E-state index is 0.117. The van der Waals surface area contributed by atoms with E-state index in [1.54, 1.807) is 32.9 Å². The number of benzene rings is 1. The predicted molar refractivity (Wildman–Crippen MR) is 88.8 cm³/mol. The lowest BCUT2D eigenvalue weighted by atomic mass is 9.93. The summed E-state index contributed by atoms with van der Waals surface area (Å²) < 4.78 is 21.4. The lowest BCUT2D eigenvalue weighted by Gasteiger charge is -2.22. The molecule has 0 spiro atoms. The van der Waals surface area contributed by atoms with Crippen LogP contribution in [0.1, 0.15) is 43.2 Å². The smallest absolute Gasteiger partial charge is 0.419 e. The Morgan fingerprint density at radius 1 is 1.39 bits per heavy atom. The number of hydrogen-bond acceptors (Lipinski definition) is 3. The van der Waals surface area contributed by atoms with Gasteiger partial charge >= 0.3 is 6.09 Å². The van der Waals surface area contributed by atoms with E-state index in [0.29, 0.717) is 17.5 Å². The molecule has 1 unspecified atom stereocenters. The molecule has 122 valence electrons. The Labute approximate surface area is 141 Å². The molecule has 0 aliphatic heterocycles. The number of aryl methyl sites for hydroxylation is 1. The van der Waals surface area contributed by atoms with Crippen molar-refractivity contribution in [1.82, 2.24) is 4.57 Å². The molecular formula is C17H17BrFNO3. The van der Waals surface area contributed by atoms with Crippen molar-refractivity contribution < 1.29 is 18.7 Å². The summed E-state index contributed by atoms with van der Waals surface area (Å²) in [5, 5.41) is 0.778. The number of carbonyl (C=O) groups is 2. The maximum Gasteiger partial charge on any atom is 0.419 e. The Morgan fingerprint density at radius 2 is 2.09 bits per heavy atom. The summed E-state index contributed by atoms with van der Waals surface area (Å²) in [6.07, 6.45) is -1.67. The lowest BCUT2D eigenvalue weighted by Crippen LogP contribution is -2.32. The van der Waals surface area contributed by atoms with Gasteiger partial charge in [0.2, 0.25) is 5.78 Å². The van der Waals surface area contributed by atoms with Crippen molar-refractivity contribution in [3.05, 3.63) is 33.9 Å². The number of alkyl halides is 1. The van der Waals surface area contributed by atoms with Crippen LogP contribution in [0.15, 0.2) is 22.7 Å². The van der Waals surface area contributed by atoms with E-state index in [0.717, 1.165) is 9.86 Å². The maximum absolute atomic E-state index is 13.9. The molecular weight excluding hydrogens is 365 g/mol. The summed E-state index contributed by atoms with van der Waals surface area (Å²) in [6.45, 7) is 5.25. The van der Waals surface area contributed by atoms with Crippen molar-refractivity contribution in [2.75, 3.05) is 0 Å². The van der Waals surface area contributed by atoms with Crippen LogP contribution in [0.25, 0.3) is 10.9 Å². The summed E-state index contributed by atoms with van der Waals surface area (Å²) in [5.74, 6) is -0.649. The Bertz CT molecular complexity index is 819. The van der Waals surface area contributed by atoms with Gasteiger partial charge in [-0.25, -0.2) is 13.8 Å². The number of ketones is 1. The van der Waals surface area contributed by atoms with Gasteiger partial charge in [-0.1, -0.05) is 15.9 Å². The van der Waals surface area contributed by atoms with E-state index in [4.69, 9.17) is 4.74 Å². The fourth-order valence-corrected chi connectivity index (χ4v) is 3.25. The van der Waals surface area contributed by atoms with Gasteiger partial charge in [0.05, 0.1) is 5.52 Å². The van der Waals surface area contributed by atoms with Crippen LogP contribution < -0.4 is 0 Å². The molecule has 1 heterocycles. The van der Waals surface area contributed by atoms with E-state index in [1.807, 2.05) is 6.07 Å². The number of hydrogen-bond donors (Lipinski definition) is 0. The van der Waals surface area contributed by atoms with Gasteiger partial charge in [0.1, 0.15) is 11.3 Å². The Morgan fingerprint density at radius 3 is 2.74 bits per heavy atom. The fraction of sp³-hybridized carbons (Fsp3) is 0.412. The fourth-order valence-electron chi connectivity index (χ4n) is 2.89. The molecule has 1 aliphatic rings. The molecule has 0 saturated heterocycles. The van der Waals surface area contributed by atoms with Crippen molar-refractivity contribution in [3.8, 4) is 0 Å². The molecule has 23 heavy (non-hydrogen) atoms. The van der Waals surface area contributed by atoms with E-state index in [1.165, 1.54) is 4.57 Å². The van der Waals surface area contributed by atoms with Crippen molar-refractivity contribution in [3.63, 3.8) is 0 Å². The molecule has 0 amide bonds. The number of ether oxygens (including phenoxy) is 1. The van der Waals surface area contributed by atoms with Crippen LogP contribution in [0.5, 0.6) is 0 Å². The third kappa shape index (κ3) is 2.80. The van der Waals surface area contributed by atoms with Crippen molar-refractivity contribution in [2.24, 2.45) is 0 Å². The molecule has 0 radical (unpaired) electrons. The summed E-state index contributed by atoms with van der Waals surface area (Å²) in [5.41, 5.74) is 0.690. The van der Waals surface area contributed by atoms with Gasteiger partial charge in [0.15, 0.2) is 6.17 Å². The number of Topliss-reactive ketones (excluding diaryl/α,β-unsaturated/α-hetero) is 1. The van der Waals surface area contributed by atoms with Crippen LogP contribution in [0.2, 0.25) is 0 Å². The predicted octanol–water partition coefficient (Wildman–Crippen LogP) is 4.65. The second-order valence-corrected chi connectivity index (χ2v) is 7.59. The lowest BCUT2D eigenvalue weighted by molar-refractivity contribution is 0.0529. The summed E-state index contributed by atoms with van der Waals surface area (Å²) >= 11 is 3.40. The van der Waals surface area contributed by atoms with Crippen molar-refractivity contribution in [1.29, 1.82) is 0 Å². The number of aromatic nitrogens is 1. The highest BCUT2D eigenvalue weighted by atomic mass is 79.9. The number of halogens is 2. The molecule has 4 nitrogen and oxygen atoms in total. The third-order valence-electron chi connectivity index (χ3n) is 3.78. The summed E-state index contributed by atoms with van der Waals surface area (Å²) in [4.78, 5) is 24.9. The van der Waals surface area contributed by atoms with E-state index in [-0.39, 0.29) is 12.1 Å². The first-order chi connectivity index (χ1) is 10.7. The highest BCUT2D eigenvalue weighted by Crippen LogP contribution is 2.35. The summed E-state index contributed by atoms with van der Waals surface area (Å²) in [6, 6.07) is 5.37. The monoisotopic (exact) mass is 381 g/mol. The van der Waals surface area contributed by atoms with Gasteiger partial charge in [-0.05, 0) is 57.4 Å². The first kappa shape index (κ1) is 16.2. The highest BCUT2D eigenvalue weighted by molar-refractivity contribution is 9.10. The number of carbonyl (C=O) groups excluding carboxylic acids is 2. The zero-order valence-corrected chi connectivity index (χ0v) is 14.7. The van der Waals surface area contributed by atoms with E-state index >= 15 is 0 Å². The van der Waals surface area contributed by atoms with Gasteiger partial charge in [0.25, 0.3) is 0 Å². The van der Waals surface area contributed by atoms with E-state index in [9.17, 15) is 14.0 Å². The maximum atomic E-state index is 13.9. The second kappa shape index (κ2) is 5.44. The molecule has 3 rings (SSSR count). The van der Waals surface area contributed by atoms with Crippen LogP contribution in [0.4, 0.5) is 9.18 Å². The molecule has 1 aliphatic carbocycles. The molecule has 1 aromatic heterocycles. The first-order valence-corrected chi connectivity index (χ1v) is 8.23. The molecule has 0 fully saturated rings. The average Bonchev–Trinajstić information content (AvgIpc) is 2.75. The third-order valence-corrected chi connectivity index (χ3v) is 4.27. The number of fused-ring (bicyclic) bond motifs is 3.